The van der Waals surface area contributed by atoms with Crippen LogP contribution in [0.25, 0.3) is 10.9 Å². The molecule has 0 aliphatic carbocycles. The fourth-order valence-corrected chi connectivity index (χ4v) is 2.46. The summed E-state index contributed by atoms with van der Waals surface area (Å²) in [5.74, 6) is 0.438. The van der Waals surface area contributed by atoms with E-state index in [1.807, 2.05) is 0 Å². The van der Waals surface area contributed by atoms with Gasteiger partial charge in [-0.2, -0.15) is 0 Å². The first-order valence-electron chi connectivity index (χ1n) is 6.75. The van der Waals surface area contributed by atoms with Gasteiger partial charge in [-0.15, -0.1) is 0 Å². The number of pyridine rings is 1. The molecule has 3 aromatic rings. The van der Waals surface area contributed by atoms with Crippen molar-refractivity contribution in [1.82, 2.24) is 9.97 Å². The first-order chi connectivity index (χ1) is 11.4. The number of rotatable bonds is 4. The number of ether oxygens (including phenoxy) is 1. The molecule has 6 N–H and O–H groups in total. The summed E-state index contributed by atoms with van der Waals surface area (Å²) in [5, 5.41) is 3.17. The lowest BCUT2D eigenvalue weighted by Gasteiger charge is -2.05. The molecule has 122 valence electrons. The largest absolute Gasteiger partial charge is 0.457 e. The van der Waals surface area contributed by atoms with Crippen LogP contribution in [-0.4, -0.2) is 21.9 Å². The predicted molar refractivity (Wildman–Crippen MR) is 89.3 cm³/mol. The minimum atomic E-state index is -0.813. The van der Waals surface area contributed by atoms with Crippen molar-refractivity contribution in [3.63, 3.8) is 0 Å². The maximum Gasteiger partial charge on any atom is 0.317 e. The molecule has 0 saturated carbocycles. The van der Waals surface area contributed by atoms with Crippen LogP contribution < -0.4 is 21.5 Å². The van der Waals surface area contributed by atoms with Crippen molar-refractivity contribution in [2.45, 2.75) is 0 Å². The SMILES string of the molecule is NC(=O)Nc1[nH]c2cc(Oc3ccnc(Cl)c3)ccc2c1C(N)=O. The molecule has 2 aromatic heterocycles. The monoisotopic (exact) mass is 345 g/mol. The zero-order valence-electron chi connectivity index (χ0n) is 12.2. The number of anilines is 1. The van der Waals surface area contributed by atoms with Crippen molar-refractivity contribution in [2.75, 3.05) is 5.32 Å². The fourth-order valence-electron chi connectivity index (χ4n) is 2.30. The van der Waals surface area contributed by atoms with E-state index in [9.17, 15) is 9.59 Å². The molecule has 2 heterocycles. The number of carbonyl (C=O) groups excluding carboxylic acids is 2. The molecule has 0 spiro atoms. The van der Waals surface area contributed by atoms with E-state index in [0.717, 1.165) is 0 Å². The van der Waals surface area contributed by atoms with E-state index in [4.69, 9.17) is 27.8 Å². The molecule has 0 radical (unpaired) electrons. The summed E-state index contributed by atoms with van der Waals surface area (Å²) in [7, 11) is 0. The van der Waals surface area contributed by atoms with Crippen LogP contribution in [0, 0.1) is 0 Å². The van der Waals surface area contributed by atoms with Gasteiger partial charge in [0.05, 0.1) is 11.1 Å². The maximum atomic E-state index is 11.6. The molecule has 0 saturated heterocycles. The number of halogens is 1. The smallest absolute Gasteiger partial charge is 0.317 e. The number of nitrogens with zero attached hydrogens (tertiary/aromatic N) is 1. The third-order valence-electron chi connectivity index (χ3n) is 3.20. The highest BCUT2D eigenvalue weighted by Gasteiger charge is 2.18. The first-order valence-corrected chi connectivity index (χ1v) is 7.13. The predicted octanol–water partition coefficient (Wildman–Crippen LogP) is 2.60. The minimum Gasteiger partial charge on any atom is -0.457 e. The topological polar surface area (TPSA) is 136 Å². The van der Waals surface area contributed by atoms with Crippen molar-refractivity contribution in [1.29, 1.82) is 0 Å². The Bertz CT molecular complexity index is 953. The number of amides is 3. The van der Waals surface area contributed by atoms with E-state index in [1.165, 1.54) is 6.20 Å². The normalized spacial score (nSPS) is 10.5. The number of hydrogen-bond donors (Lipinski definition) is 4. The number of nitrogens with one attached hydrogen (secondary N) is 2. The minimum absolute atomic E-state index is 0.133. The van der Waals surface area contributed by atoms with Gasteiger partial charge in [0.1, 0.15) is 22.5 Å². The maximum absolute atomic E-state index is 11.6. The van der Waals surface area contributed by atoms with E-state index in [1.54, 1.807) is 30.3 Å². The number of benzene rings is 1. The molecule has 24 heavy (non-hydrogen) atoms. The molecule has 0 aliphatic heterocycles. The summed E-state index contributed by atoms with van der Waals surface area (Å²) >= 11 is 5.81. The number of carbonyl (C=O) groups is 2. The number of aromatic nitrogens is 2. The third-order valence-corrected chi connectivity index (χ3v) is 3.41. The molecule has 0 fully saturated rings. The van der Waals surface area contributed by atoms with Crippen molar-refractivity contribution in [3.8, 4) is 11.5 Å². The van der Waals surface area contributed by atoms with Crippen LogP contribution in [0.5, 0.6) is 11.5 Å². The average Bonchev–Trinajstić information content (AvgIpc) is 2.83. The molecule has 0 unspecified atom stereocenters. The van der Waals surface area contributed by atoms with Crippen LogP contribution in [0.3, 0.4) is 0 Å². The molecule has 3 amide bonds. The Balaban J connectivity index is 2.02. The van der Waals surface area contributed by atoms with Gasteiger partial charge >= 0.3 is 6.03 Å². The Hall–Kier alpha value is -3.26. The van der Waals surface area contributed by atoms with Gasteiger partial charge in [-0.25, -0.2) is 9.78 Å². The van der Waals surface area contributed by atoms with Gasteiger partial charge < -0.3 is 21.2 Å². The number of urea groups is 1. The van der Waals surface area contributed by atoms with Crippen LogP contribution in [0.4, 0.5) is 10.6 Å². The zero-order valence-corrected chi connectivity index (χ0v) is 12.9. The summed E-state index contributed by atoms with van der Waals surface area (Å²) in [6.45, 7) is 0. The summed E-state index contributed by atoms with van der Waals surface area (Å²) < 4.78 is 5.69. The Morgan fingerprint density at radius 1 is 1.17 bits per heavy atom. The third kappa shape index (κ3) is 3.08. The number of fused-ring (bicyclic) bond motifs is 1. The van der Waals surface area contributed by atoms with Gasteiger partial charge in [0.2, 0.25) is 0 Å². The quantitative estimate of drug-likeness (QED) is 0.540. The summed E-state index contributed by atoms with van der Waals surface area (Å²) in [6, 6.07) is 7.37. The zero-order chi connectivity index (χ0) is 17.3. The highest BCUT2D eigenvalue weighted by atomic mass is 35.5. The van der Waals surface area contributed by atoms with E-state index in [2.05, 4.69) is 15.3 Å². The van der Waals surface area contributed by atoms with E-state index < -0.39 is 11.9 Å². The lowest BCUT2D eigenvalue weighted by atomic mass is 10.1. The van der Waals surface area contributed by atoms with E-state index in [0.29, 0.717) is 27.6 Å². The average molecular weight is 346 g/mol. The van der Waals surface area contributed by atoms with Crippen LogP contribution in [0.1, 0.15) is 10.4 Å². The second kappa shape index (κ2) is 6.09. The van der Waals surface area contributed by atoms with Gasteiger partial charge in [-0.3, -0.25) is 10.1 Å². The van der Waals surface area contributed by atoms with Crippen molar-refractivity contribution in [2.24, 2.45) is 11.5 Å². The number of H-pyrrole nitrogens is 1. The van der Waals surface area contributed by atoms with Gasteiger partial charge in [0.15, 0.2) is 0 Å². The molecular formula is C15H12ClN5O3. The second-order valence-corrected chi connectivity index (χ2v) is 5.24. The van der Waals surface area contributed by atoms with Gasteiger partial charge in [-0.1, -0.05) is 11.6 Å². The van der Waals surface area contributed by atoms with E-state index >= 15 is 0 Å². The van der Waals surface area contributed by atoms with Crippen LogP contribution in [0.15, 0.2) is 36.5 Å². The summed E-state index contributed by atoms with van der Waals surface area (Å²) in [5.41, 5.74) is 11.2. The van der Waals surface area contributed by atoms with Crippen LogP contribution in [-0.2, 0) is 0 Å². The number of hydrogen-bond acceptors (Lipinski definition) is 4. The molecule has 0 aliphatic rings. The Labute approximate surface area is 140 Å². The second-order valence-electron chi connectivity index (χ2n) is 4.85. The van der Waals surface area contributed by atoms with Crippen LogP contribution in [0.2, 0.25) is 5.15 Å². The van der Waals surface area contributed by atoms with Crippen molar-refractivity contribution < 1.29 is 14.3 Å². The van der Waals surface area contributed by atoms with Gasteiger partial charge in [-0.05, 0) is 18.2 Å². The molecule has 3 rings (SSSR count). The van der Waals surface area contributed by atoms with E-state index in [-0.39, 0.29) is 11.4 Å². The molecule has 0 bridgehead atoms. The first kappa shape index (κ1) is 15.6. The molecule has 9 heteroatoms. The highest BCUT2D eigenvalue weighted by Crippen LogP contribution is 2.31. The summed E-state index contributed by atoms with van der Waals surface area (Å²) in [6.07, 6.45) is 1.52. The van der Waals surface area contributed by atoms with Gasteiger partial charge in [0.25, 0.3) is 5.91 Å². The fraction of sp³-hybridized carbons (Fsp3) is 0. The van der Waals surface area contributed by atoms with Crippen molar-refractivity contribution >= 4 is 40.3 Å². The lowest BCUT2D eigenvalue weighted by molar-refractivity contribution is 0.100. The lowest BCUT2D eigenvalue weighted by Crippen LogP contribution is -2.22. The Morgan fingerprint density at radius 2 is 1.92 bits per heavy atom. The number of primary amides is 2. The van der Waals surface area contributed by atoms with Crippen LogP contribution >= 0.6 is 11.6 Å². The number of nitrogens with two attached hydrogens (primary N) is 2. The molecule has 1 aromatic carbocycles. The Morgan fingerprint density at radius 3 is 2.58 bits per heavy atom. The molecule has 0 atom stereocenters. The van der Waals surface area contributed by atoms with Gasteiger partial charge in [0, 0.05) is 23.7 Å². The highest BCUT2D eigenvalue weighted by molar-refractivity contribution is 6.29. The molecule has 8 nitrogen and oxygen atoms in total. The summed E-state index contributed by atoms with van der Waals surface area (Å²) in [4.78, 5) is 29.5. The molecular weight excluding hydrogens is 334 g/mol. The van der Waals surface area contributed by atoms with Crippen molar-refractivity contribution in [3.05, 3.63) is 47.2 Å². The Kier molecular flexibility index (Phi) is 3.97. The standard InChI is InChI=1S/C15H12ClN5O3/c16-11-6-8(3-4-19-11)24-7-1-2-9-10(5-7)20-14(21-15(18)23)12(9)13(17)22/h1-6,20H,(H2,17,22)(H3,18,21,23). The number of aromatic amines is 1.